The zero-order chi connectivity index (χ0) is 25.3. The van der Waals surface area contributed by atoms with E-state index in [4.69, 9.17) is 11.6 Å². The second-order valence-electron chi connectivity index (χ2n) is 8.21. The maximum Gasteiger partial charge on any atom is 0.242 e. The number of nitrogens with zero attached hydrogens (tertiary/aromatic N) is 2. The fourth-order valence-electron chi connectivity index (χ4n) is 3.81. The molecule has 0 bridgehead atoms. The van der Waals surface area contributed by atoms with Gasteiger partial charge in [-0.25, -0.2) is 8.42 Å². The summed E-state index contributed by atoms with van der Waals surface area (Å²) in [6, 6.07) is 13.8. The Kier molecular flexibility index (Phi) is 10.4. The quantitative estimate of drug-likeness (QED) is 0.467. The van der Waals surface area contributed by atoms with Crippen molar-refractivity contribution < 1.29 is 18.0 Å². The molecule has 0 spiro atoms. The first-order valence-corrected chi connectivity index (χ1v) is 13.7. The summed E-state index contributed by atoms with van der Waals surface area (Å²) in [6.45, 7) is 6.40. The van der Waals surface area contributed by atoms with Crippen LogP contribution in [0.25, 0.3) is 0 Å². The van der Waals surface area contributed by atoms with E-state index in [1.807, 2.05) is 45.0 Å². The van der Waals surface area contributed by atoms with E-state index in [-0.39, 0.29) is 31.3 Å². The summed E-state index contributed by atoms with van der Waals surface area (Å²) in [4.78, 5) is 27.6. The highest BCUT2D eigenvalue weighted by Crippen LogP contribution is 2.22. The number of sulfonamides is 1. The van der Waals surface area contributed by atoms with Crippen LogP contribution in [0.3, 0.4) is 0 Å². The third-order valence-electron chi connectivity index (χ3n) is 5.48. The van der Waals surface area contributed by atoms with Gasteiger partial charge in [0, 0.05) is 31.1 Å². The molecule has 7 nitrogen and oxygen atoms in total. The highest BCUT2D eigenvalue weighted by molar-refractivity contribution is 7.92. The Morgan fingerprint density at radius 3 is 2.38 bits per heavy atom. The van der Waals surface area contributed by atoms with Crippen LogP contribution in [-0.4, -0.2) is 50.5 Å². The maximum atomic E-state index is 13.3. The van der Waals surface area contributed by atoms with Crippen LogP contribution in [0.5, 0.6) is 0 Å². The first kappa shape index (κ1) is 27.7. The normalized spacial score (nSPS) is 12.1. The van der Waals surface area contributed by atoms with Crippen molar-refractivity contribution in [2.24, 2.45) is 0 Å². The van der Waals surface area contributed by atoms with Crippen LogP contribution in [0.2, 0.25) is 5.02 Å². The molecule has 2 aromatic carbocycles. The molecule has 0 aromatic heterocycles. The average Bonchev–Trinajstić information content (AvgIpc) is 2.77. The number of anilines is 1. The van der Waals surface area contributed by atoms with Gasteiger partial charge in [0.15, 0.2) is 0 Å². The molecule has 0 saturated heterocycles. The number of likely N-dealkylation sites (N-methyl/N-ethyl adjacent to an activating group) is 1. The Labute approximate surface area is 208 Å². The van der Waals surface area contributed by atoms with E-state index in [0.29, 0.717) is 30.1 Å². The van der Waals surface area contributed by atoms with E-state index >= 15 is 0 Å². The molecule has 2 aromatic rings. The molecule has 186 valence electrons. The predicted octanol–water partition coefficient (Wildman–Crippen LogP) is 4.14. The molecule has 1 unspecified atom stereocenters. The average molecular weight is 508 g/mol. The molecule has 1 atom stereocenters. The van der Waals surface area contributed by atoms with E-state index in [0.717, 1.165) is 17.4 Å². The van der Waals surface area contributed by atoms with Crippen molar-refractivity contribution in [3.05, 3.63) is 64.7 Å². The molecular weight excluding hydrogens is 474 g/mol. The SMILES string of the molecule is CCNC(=O)C(CC)N(Cc1ccccc1Cl)C(=O)CCCN(c1cccc(C)c1)S(C)(=O)=O. The van der Waals surface area contributed by atoms with Gasteiger partial charge in [-0.15, -0.1) is 0 Å². The smallest absolute Gasteiger partial charge is 0.242 e. The first-order chi connectivity index (χ1) is 16.1. The monoisotopic (exact) mass is 507 g/mol. The molecule has 9 heteroatoms. The van der Waals surface area contributed by atoms with E-state index in [2.05, 4.69) is 5.32 Å². The number of rotatable bonds is 12. The van der Waals surface area contributed by atoms with Crippen LogP contribution >= 0.6 is 11.6 Å². The Balaban J connectivity index is 2.21. The van der Waals surface area contributed by atoms with Crippen molar-refractivity contribution in [3.8, 4) is 0 Å². The van der Waals surface area contributed by atoms with Gasteiger partial charge in [-0.1, -0.05) is 48.9 Å². The van der Waals surface area contributed by atoms with Gasteiger partial charge >= 0.3 is 0 Å². The summed E-state index contributed by atoms with van der Waals surface area (Å²) < 4.78 is 26.1. The number of amides is 2. The number of nitrogens with one attached hydrogen (secondary N) is 1. The van der Waals surface area contributed by atoms with Gasteiger partial charge in [0.25, 0.3) is 0 Å². The maximum absolute atomic E-state index is 13.3. The van der Waals surface area contributed by atoms with E-state index in [9.17, 15) is 18.0 Å². The minimum atomic E-state index is -3.52. The zero-order valence-electron chi connectivity index (χ0n) is 20.3. The predicted molar refractivity (Wildman–Crippen MR) is 137 cm³/mol. The van der Waals surface area contributed by atoms with Gasteiger partial charge in [-0.3, -0.25) is 13.9 Å². The fourth-order valence-corrected chi connectivity index (χ4v) is 4.96. The van der Waals surface area contributed by atoms with Crippen LogP contribution in [0.1, 0.15) is 44.2 Å². The van der Waals surface area contributed by atoms with Gasteiger partial charge in [0.1, 0.15) is 6.04 Å². The van der Waals surface area contributed by atoms with Crippen molar-refractivity contribution >= 4 is 39.1 Å². The number of halogens is 1. The molecule has 0 heterocycles. The molecule has 1 N–H and O–H groups in total. The first-order valence-electron chi connectivity index (χ1n) is 11.4. The third-order valence-corrected chi connectivity index (χ3v) is 7.04. The lowest BCUT2D eigenvalue weighted by Gasteiger charge is -2.31. The lowest BCUT2D eigenvalue weighted by Crippen LogP contribution is -2.49. The van der Waals surface area contributed by atoms with Crippen LogP contribution in [0.4, 0.5) is 5.69 Å². The van der Waals surface area contributed by atoms with Crippen LogP contribution in [0.15, 0.2) is 48.5 Å². The molecule has 0 radical (unpaired) electrons. The highest BCUT2D eigenvalue weighted by Gasteiger charge is 2.29. The largest absolute Gasteiger partial charge is 0.355 e. The molecule has 2 amide bonds. The Bertz CT molecular complexity index is 1090. The number of benzene rings is 2. The lowest BCUT2D eigenvalue weighted by molar-refractivity contribution is -0.141. The standard InChI is InChI=1S/C25H34ClN3O4S/c1-5-23(25(31)27-6-2)28(18-20-12-7-8-14-22(20)26)24(30)15-10-16-29(34(4,32)33)21-13-9-11-19(3)17-21/h7-9,11-14,17,23H,5-6,10,15-16,18H2,1-4H3,(H,27,31). The summed E-state index contributed by atoms with van der Waals surface area (Å²) in [5.74, 6) is -0.446. The summed E-state index contributed by atoms with van der Waals surface area (Å²) in [6.07, 6.45) is 2.01. The van der Waals surface area contributed by atoms with Gasteiger partial charge in [0.05, 0.1) is 11.9 Å². The van der Waals surface area contributed by atoms with Crippen molar-refractivity contribution in [3.63, 3.8) is 0 Å². The van der Waals surface area contributed by atoms with Crippen LogP contribution in [0, 0.1) is 6.92 Å². The van der Waals surface area contributed by atoms with Crippen LogP contribution in [-0.2, 0) is 26.2 Å². The van der Waals surface area contributed by atoms with E-state index in [1.54, 1.807) is 29.2 Å². The minimum absolute atomic E-state index is 0.0954. The fraction of sp³-hybridized carbons (Fsp3) is 0.440. The molecule has 34 heavy (non-hydrogen) atoms. The Morgan fingerprint density at radius 2 is 1.79 bits per heavy atom. The summed E-state index contributed by atoms with van der Waals surface area (Å²) in [5, 5.41) is 3.32. The minimum Gasteiger partial charge on any atom is -0.355 e. The second kappa shape index (κ2) is 12.8. The molecule has 0 saturated carbocycles. The molecule has 0 fully saturated rings. The molecular formula is C25H34ClN3O4S. The summed E-state index contributed by atoms with van der Waals surface area (Å²) in [7, 11) is -3.52. The van der Waals surface area contributed by atoms with Crippen LogP contribution < -0.4 is 9.62 Å². The topological polar surface area (TPSA) is 86.8 Å². The van der Waals surface area contributed by atoms with Crippen molar-refractivity contribution in [2.45, 2.75) is 52.6 Å². The Morgan fingerprint density at radius 1 is 1.09 bits per heavy atom. The van der Waals surface area contributed by atoms with Crippen molar-refractivity contribution in [2.75, 3.05) is 23.7 Å². The van der Waals surface area contributed by atoms with Crippen molar-refractivity contribution in [1.82, 2.24) is 10.2 Å². The second-order valence-corrected chi connectivity index (χ2v) is 10.5. The van der Waals surface area contributed by atoms with Crippen molar-refractivity contribution in [1.29, 1.82) is 0 Å². The summed E-state index contributed by atoms with van der Waals surface area (Å²) in [5.41, 5.74) is 2.26. The lowest BCUT2D eigenvalue weighted by atomic mass is 10.1. The summed E-state index contributed by atoms with van der Waals surface area (Å²) >= 11 is 6.33. The number of hydrogen-bond donors (Lipinski definition) is 1. The number of aryl methyl sites for hydroxylation is 1. The van der Waals surface area contributed by atoms with Gasteiger partial charge in [-0.05, 0) is 56.0 Å². The van der Waals surface area contributed by atoms with Gasteiger partial charge < -0.3 is 10.2 Å². The van der Waals surface area contributed by atoms with E-state index in [1.165, 1.54) is 4.31 Å². The zero-order valence-corrected chi connectivity index (χ0v) is 21.8. The molecule has 2 rings (SSSR count). The molecule has 0 aliphatic carbocycles. The Hall–Kier alpha value is -2.58. The molecule has 0 aliphatic rings. The third kappa shape index (κ3) is 7.74. The van der Waals surface area contributed by atoms with Gasteiger partial charge in [-0.2, -0.15) is 0 Å². The number of carbonyl (C=O) groups excluding carboxylic acids is 2. The number of hydrogen-bond acceptors (Lipinski definition) is 4. The van der Waals surface area contributed by atoms with Gasteiger partial charge in [0.2, 0.25) is 21.8 Å². The number of carbonyl (C=O) groups is 2. The highest BCUT2D eigenvalue weighted by atomic mass is 35.5. The van der Waals surface area contributed by atoms with E-state index < -0.39 is 16.1 Å². The molecule has 0 aliphatic heterocycles.